The Balaban J connectivity index is 1.45. The molecule has 180 valence electrons. The molecule has 0 unspecified atom stereocenters. The lowest BCUT2D eigenvalue weighted by Crippen LogP contribution is -2.27. The van der Waals surface area contributed by atoms with Crippen molar-refractivity contribution in [2.24, 2.45) is 0 Å². The highest BCUT2D eigenvalue weighted by atomic mass is 16.8. The van der Waals surface area contributed by atoms with Crippen LogP contribution in [0.5, 0.6) is 5.75 Å². The zero-order valence-electron chi connectivity index (χ0n) is 20.0. The molecule has 8 heteroatoms. The second-order valence-electron chi connectivity index (χ2n) is 9.18. The molecule has 2 aliphatic rings. The van der Waals surface area contributed by atoms with Gasteiger partial charge in [-0.3, -0.25) is 0 Å². The van der Waals surface area contributed by atoms with Gasteiger partial charge in [-0.25, -0.2) is 9.97 Å². The van der Waals surface area contributed by atoms with E-state index in [0.29, 0.717) is 13.2 Å². The van der Waals surface area contributed by atoms with Crippen molar-refractivity contribution < 1.29 is 18.9 Å². The fourth-order valence-corrected chi connectivity index (χ4v) is 4.91. The summed E-state index contributed by atoms with van der Waals surface area (Å²) in [6.07, 6.45) is 2.97. The molecule has 0 bridgehead atoms. The Hall–Kier alpha value is -3.46. The summed E-state index contributed by atoms with van der Waals surface area (Å²) < 4.78 is 26.1. The monoisotopic (exact) mass is 472 g/mol. The van der Waals surface area contributed by atoms with Crippen molar-refractivity contribution in [2.75, 3.05) is 18.5 Å². The normalized spacial score (nSPS) is 22.9. The number of hydrogen-bond donors (Lipinski definition) is 1. The third kappa shape index (κ3) is 4.03. The van der Waals surface area contributed by atoms with Crippen LogP contribution in [0.4, 0.5) is 11.5 Å². The molecule has 2 aliphatic heterocycles. The summed E-state index contributed by atoms with van der Waals surface area (Å²) in [4.78, 5) is 9.29. The fourth-order valence-electron chi connectivity index (χ4n) is 4.91. The summed E-state index contributed by atoms with van der Waals surface area (Å²) in [5.41, 5.74) is 3.76. The average Bonchev–Trinajstić information content (AvgIpc) is 3.51. The van der Waals surface area contributed by atoms with E-state index in [1.807, 2.05) is 63.2 Å². The van der Waals surface area contributed by atoms with Gasteiger partial charge in [-0.15, -0.1) is 0 Å². The third-order valence-corrected chi connectivity index (χ3v) is 6.33. The van der Waals surface area contributed by atoms with Gasteiger partial charge in [-0.05, 0) is 50.6 Å². The maximum Gasteiger partial charge on any atom is 0.164 e. The molecule has 4 heterocycles. The lowest BCUT2D eigenvalue weighted by Gasteiger charge is -2.23. The number of hydrogen-bond acceptors (Lipinski definition) is 7. The number of benzene rings is 2. The first-order valence-corrected chi connectivity index (χ1v) is 11.9. The minimum Gasteiger partial charge on any atom is -0.494 e. The number of nitrogens with one attached hydrogen (secondary N) is 1. The van der Waals surface area contributed by atoms with Crippen molar-refractivity contribution in [1.82, 2.24) is 14.5 Å². The highest BCUT2D eigenvalue weighted by Gasteiger charge is 2.51. The maximum atomic E-state index is 6.22. The van der Waals surface area contributed by atoms with Crippen LogP contribution in [0, 0.1) is 0 Å². The molecule has 1 N–H and O–H groups in total. The zero-order valence-corrected chi connectivity index (χ0v) is 20.0. The van der Waals surface area contributed by atoms with E-state index in [2.05, 4.69) is 38.2 Å². The molecule has 6 rings (SSSR count). The summed E-state index contributed by atoms with van der Waals surface area (Å²) in [5, 5.41) is 4.39. The first-order chi connectivity index (χ1) is 17.0. The number of rotatable bonds is 6. The van der Waals surface area contributed by atoms with Crippen LogP contribution in [0.3, 0.4) is 0 Å². The van der Waals surface area contributed by atoms with Crippen LogP contribution in [-0.2, 0) is 14.2 Å². The third-order valence-electron chi connectivity index (χ3n) is 6.33. The van der Waals surface area contributed by atoms with Crippen LogP contribution in [0.1, 0.15) is 27.0 Å². The van der Waals surface area contributed by atoms with Gasteiger partial charge in [0, 0.05) is 17.4 Å². The molecular weight excluding hydrogens is 444 g/mol. The molecule has 0 radical (unpaired) electrons. The van der Waals surface area contributed by atoms with Gasteiger partial charge in [-0.2, -0.15) is 0 Å². The van der Waals surface area contributed by atoms with Crippen LogP contribution < -0.4 is 10.1 Å². The first kappa shape index (κ1) is 22.0. The van der Waals surface area contributed by atoms with E-state index in [0.717, 1.165) is 39.4 Å². The van der Waals surface area contributed by atoms with E-state index in [-0.39, 0.29) is 18.4 Å². The van der Waals surface area contributed by atoms with E-state index in [9.17, 15) is 0 Å². The van der Waals surface area contributed by atoms with Crippen LogP contribution in [0.2, 0.25) is 0 Å². The highest BCUT2D eigenvalue weighted by Crippen LogP contribution is 2.43. The highest BCUT2D eigenvalue weighted by molar-refractivity contribution is 6.02. The Kier molecular flexibility index (Phi) is 5.44. The van der Waals surface area contributed by atoms with Crippen molar-refractivity contribution in [3.05, 3.63) is 67.1 Å². The molecule has 2 fully saturated rings. The van der Waals surface area contributed by atoms with Gasteiger partial charge < -0.3 is 28.8 Å². The minimum absolute atomic E-state index is 0.115. The minimum atomic E-state index is -0.641. The molecule has 3 atom stereocenters. The molecule has 0 amide bonds. The lowest BCUT2D eigenvalue weighted by molar-refractivity contribution is -0.183. The van der Waals surface area contributed by atoms with Crippen molar-refractivity contribution >= 4 is 22.5 Å². The van der Waals surface area contributed by atoms with Gasteiger partial charge in [0.15, 0.2) is 12.0 Å². The number of anilines is 2. The van der Waals surface area contributed by atoms with Gasteiger partial charge >= 0.3 is 0 Å². The molecule has 2 aromatic carbocycles. The zero-order chi connectivity index (χ0) is 24.0. The van der Waals surface area contributed by atoms with E-state index in [1.54, 1.807) is 6.33 Å². The van der Waals surface area contributed by atoms with Crippen LogP contribution in [0.25, 0.3) is 22.2 Å². The Bertz CT molecular complexity index is 1340. The predicted molar refractivity (Wildman–Crippen MR) is 133 cm³/mol. The van der Waals surface area contributed by atoms with Gasteiger partial charge in [-0.1, -0.05) is 30.3 Å². The topological polar surface area (TPSA) is 79.7 Å². The standard InChI is InChI=1S/C27H28N4O4/c1-4-32-19-12-10-18(11-13-19)30-24-22-20(17-8-6-5-7-9-17)14-31(25(22)29-16-28-24)26-23-21(15-33-26)34-27(2,3)35-23/h5-14,16,21,23,26H,4,15H2,1-3H3,(H,28,29,30)/t21-,23-,26-/m1/s1. The first-order valence-electron chi connectivity index (χ1n) is 11.9. The fraction of sp³-hybridized carbons (Fsp3) is 0.333. The van der Waals surface area contributed by atoms with E-state index >= 15 is 0 Å². The molecule has 8 nitrogen and oxygen atoms in total. The summed E-state index contributed by atoms with van der Waals surface area (Å²) in [6.45, 7) is 6.95. The lowest BCUT2D eigenvalue weighted by atomic mass is 10.1. The van der Waals surface area contributed by atoms with Gasteiger partial charge in [0.2, 0.25) is 0 Å². The number of aromatic nitrogens is 3. The molecule has 4 aromatic rings. The molecular formula is C27H28N4O4. The van der Waals surface area contributed by atoms with Crippen LogP contribution in [0.15, 0.2) is 67.1 Å². The number of fused-ring (bicyclic) bond motifs is 2. The number of nitrogens with zero attached hydrogens (tertiary/aromatic N) is 3. The van der Waals surface area contributed by atoms with Crippen molar-refractivity contribution in [3.63, 3.8) is 0 Å². The quantitative estimate of drug-likeness (QED) is 0.408. The Morgan fingerprint density at radius 3 is 2.63 bits per heavy atom. The van der Waals surface area contributed by atoms with Crippen LogP contribution >= 0.6 is 0 Å². The number of ether oxygens (including phenoxy) is 4. The average molecular weight is 473 g/mol. The van der Waals surface area contributed by atoms with Crippen molar-refractivity contribution in [2.45, 2.75) is 45.0 Å². The predicted octanol–water partition coefficient (Wildman–Crippen LogP) is 5.29. The maximum absolute atomic E-state index is 6.22. The molecule has 0 saturated carbocycles. The second kappa shape index (κ2) is 8.64. The van der Waals surface area contributed by atoms with Gasteiger partial charge in [0.05, 0.1) is 18.6 Å². The summed E-state index contributed by atoms with van der Waals surface area (Å²) in [7, 11) is 0. The van der Waals surface area contributed by atoms with E-state index < -0.39 is 5.79 Å². The molecule has 0 spiro atoms. The van der Waals surface area contributed by atoms with Gasteiger partial charge in [0.1, 0.15) is 35.7 Å². The van der Waals surface area contributed by atoms with Crippen molar-refractivity contribution in [1.29, 1.82) is 0 Å². The Labute approximate surface area is 203 Å². The van der Waals surface area contributed by atoms with Crippen LogP contribution in [-0.4, -0.2) is 45.7 Å². The van der Waals surface area contributed by atoms with Gasteiger partial charge in [0.25, 0.3) is 0 Å². The molecule has 0 aliphatic carbocycles. The van der Waals surface area contributed by atoms with Crippen molar-refractivity contribution in [3.8, 4) is 16.9 Å². The Morgan fingerprint density at radius 1 is 1.06 bits per heavy atom. The largest absolute Gasteiger partial charge is 0.494 e. The van der Waals surface area contributed by atoms with E-state index in [4.69, 9.17) is 18.9 Å². The summed E-state index contributed by atoms with van der Waals surface area (Å²) in [6, 6.07) is 18.1. The summed E-state index contributed by atoms with van der Waals surface area (Å²) >= 11 is 0. The molecule has 2 saturated heterocycles. The molecule has 35 heavy (non-hydrogen) atoms. The summed E-state index contributed by atoms with van der Waals surface area (Å²) in [5.74, 6) is 0.907. The smallest absolute Gasteiger partial charge is 0.164 e. The second-order valence-corrected chi connectivity index (χ2v) is 9.18. The SMILES string of the molecule is CCOc1ccc(Nc2ncnc3c2c(-c2ccccc2)cn3[C@@H]2OC[C@H]3OC(C)(C)O[C@@H]23)cc1. The Morgan fingerprint density at radius 2 is 1.86 bits per heavy atom. The molecule has 2 aromatic heterocycles. The van der Waals surface area contributed by atoms with E-state index in [1.165, 1.54) is 0 Å².